The van der Waals surface area contributed by atoms with Crippen LogP contribution in [0.3, 0.4) is 0 Å². The van der Waals surface area contributed by atoms with Gasteiger partial charge in [-0.25, -0.2) is 5.01 Å². The number of amides is 2. The molecule has 8 nitrogen and oxygen atoms in total. The van der Waals surface area contributed by atoms with E-state index in [0.29, 0.717) is 32.6 Å². The Kier molecular flexibility index (Phi) is 5.70. The van der Waals surface area contributed by atoms with Crippen molar-refractivity contribution in [3.05, 3.63) is 54.0 Å². The number of benzene rings is 1. The normalized spacial score (nSPS) is 21.5. The van der Waals surface area contributed by atoms with Crippen LogP contribution in [0.2, 0.25) is 0 Å². The Morgan fingerprint density at radius 3 is 2.47 bits per heavy atom. The average Bonchev–Trinajstić information content (AvgIpc) is 3.34. The third-order valence-corrected chi connectivity index (χ3v) is 6.43. The molecule has 8 heteroatoms. The summed E-state index contributed by atoms with van der Waals surface area (Å²) in [4.78, 5) is 29.6. The summed E-state index contributed by atoms with van der Waals surface area (Å²) in [6, 6.07) is 11.2. The van der Waals surface area contributed by atoms with Crippen molar-refractivity contribution in [2.45, 2.75) is 25.3 Å². The molecule has 2 aliphatic heterocycles. The molecule has 32 heavy (non-hydrogen) atoms. The lowest BCUT2D eigenvalue weighted by Gasteiger charge is -2.35. The number of methoxy groups -OCH3 is 1. The molecule has 2 aromatic rings. The van der Waals surface area contributed by atoms with Crippen LogP contribution in [-0.2, 0) is 9.59 Å². The van der Waals surface area contributed by atoms with Crippen LogP contribution in [-0.4, -0.2) is 72.2 Å². The fraction of sp³-hybridized carbons (Fsp3) is 0.458. The molecule has 2 amide bonds. The van der Waals surface area contributed by atoms with E-state index in [-0.39, 0.29) is 30.3 Å². The molecule has 0 N–H and O–H groups in total. The van der Waals surface area contributed by atoms with E-state index in [4.69, 9.17) is 14.3 Å². The molecule has 1 saturated carbocycles. The molecular weight excluding hydrogens is 408 g/mol. The molecule has 1 aliphatic carbocycles. The van der Waals surface area contributed by atoms with Crippen LogP contribution >= 0.6 is 0 Å². The molecule has 0 bridgehead atoms. The van der Waals surface area contributed by atoms with Gasteiger partial charge in [-0.1, -0.05) is 0 Å². The summed E-state index contributed by atoms with van der Waals surface area (Å²) in [7, 11) is 1.64. The molecule has 0 radical (unpaired) electrons. The zero-order valence-corrected chi connectivity index (χ0v) is 18.3. The van der Waals surface area contributed by atoms with Crippen molar-refractivity contribution in [1.82, 2.24) is 14.8 Å². The second-order valence-corrected chi connectivity index (χ2v) is 8.62. The van der Waals surface area contributed by atoms with Gasteiger partial charge in [-0.3, -0.25) is 14.5 Å². The Morgan fingerprint density at radius 2 is 1.84 bits per heavy atom. The molecule has 5 rings (SSSR count). The minimum Gasteiger partial charge on any atom is -0.497 e. The van der Waals surface area contributed by atoms with Crippen LogP contribution < -0.4 is 4.74 Å². The average molecular weight is 437 g/mol. The molecular formula is C24H28N4O4. The molecule has 0 unspecified atom stereocenters. The molecule has 1 aromatic heterocycles. The van der Waals surface area contributed by atoms with Gasteiger partial charge in [0.05, 0.1) is 25.6 Å². The van der Waals surface area contributed by atoms with Gasteiger partial charge in [0.2, 0.25) is 5.91 Å². The maximum Gasteiger partial charge on any atom is 0.257 e. The number of carbonyl (C=O) groups excluding carboxylic acids is 2. The van der Waals surface area contributed by atoms with Gasteiger partial charge in [-0.05, 0) is 54.8 Å². The molecule has 3 heterocycles. The van der Waals surface area contributed by atoms with Crippen molar-refractivity contribution in [1.29, 1.82) is 0 Å². The molecule has 168 valence electrons. The van der Waals surface area contributed by atoms with Crippen LogP contribution in [0.4, 0.5) is 0 Å². The Balaban J connectivity index is 1.27. The summed E-state index contributed by atoms with van der Waals surface area (Å²) in [5.41, 5.74) is 1.81. The summed E-state index contributed by atoms with van der Waals surface area (Å²) >= 11 is 0. The predicted octanol–water partition coefficient (Wildman–Crippen LogP) is 2.52. The van der Waals surface area contributed by atoms with Crippen LogP contribution in [0.5, 0.6) is 5.75 Å². The molecule has 1 aromatic carbocycles. The first kappa shape index (κ1) is 20.8. The van der Waals surface area contributed by atoms with Crippen LogP contribution in [0.25, 0.3) is 0 Å². The Bertz CT molecular complexity index is 990. The van der Waals surface area contributed by atoms with E-state index in [1.165, 1.54) is 0 Å². The first-order chi connectivity index (χ1) is 15.6. The van der Waals surface area contributed by atoms with E-state index >= 15 is 0 Å². The third kappa shape index (κ3) is 4.27. The van der Waals surface area contributed by atoms with Crippen molar-refractivity contribution in [2.75, 3.05) is 39.8 Å². The monoisotopic (exact) mass is 436 g/mol. The number of ether oxygens (including phenoxy) is 1. The van der Waals surface area contributed by atoms with Gasteiger partial charge in [-0.15, -0.1) is 0 Å². The van der Waals surface area contributed by atoms with Gasteiger partial charge in [-0.2, -0.15) is 5.10 Å². The maximum absolute atomic E-state index is 13.3. The summed E-state index contributed by atoms with van der Waals surface area (Å²) in [5.74, 6) is 1.97. The number of furan rings is 1. The van der Waals surface area contributed by atoms with Gasteiger partial charge in [0.15, 0.2) is 0 Å². The minimum absolute atomic E-state index is 0.0584. The van der Waals surface area contributed by atoms with Crippen LogP contribution in [0.1, 0.15) is 36.6 Å². The highest BCUT2D eigenvalue weighted by atomic mass is 16.5. The molecule has 3 aliphatic rings. The maximum atomic E-state index is 13.3. The fourth-order valence-electron chi connectivity index (χ4n) is 4.38. The van der Waals surface area contributed by atoms with E-state index in [9.17, 15) is 9.59 Å². The highest BCUT2D eigenvalue weighted by Gasteiger charge is 2.37. The molecule has 0 spiro atoms. The topological polar surface area (TPSA) is 78.6 Å². The fourth-order valence-corrected chi connectivity index (χ4v) is 4.38. The smallest absolute Gasteiger partial charge is 0.257 e. The van der Waals surface area contributed by atoms with E-state index < -0.39 is 0 Å². The SMILES string of the molecule is COc1ccc(C2=NN(C(=O)CN3CCN(C(=O)C4CC4)CC3)[C@H](c3ccco3)C2)cc1. The number of nitrogens with zero attached hydrogens (tertiary/aromatic N) is 4. The van der Waals surface area contributed by atoms with E-state index in [2.05, 4.69) is 4.90 Å². The second kappa shape index (κ2) is 8.78. The molecule has 1 atom stereocenters. The second-order valence-electron chi connectivity index (χ2n) is 8.62. The number of rotatable bonds is 6. The summed E-state index contributed by atoms with van der Waals surface area (Å²) in [6.45, 7) is 3.06. The number of carbonyl (C=O) groups is 2. The van der Waals surface area contributed by atoms with Gasteiger partial charge >= 0.3 is 0 Å². The van der Waals surface area contributed by atoms with Crippen molar-refractivity contribution in [3.8, 4) is 5.75 Å². The van der Waals surface area contributed by atoms with Gasteiger partial charge in [0.1, 0.15) is 17.6 Å². The Hall–Kier alpha value is -3.13. The molecule has 1 saturated heterocycles. The van der Waals surface area contributed by atoms with Gasteiger partial charge < -0.3 is 14.1 Å². The highest BCUT2D eigenvalue weighted by molar-refractivity contribution is 6.03. The molecule has 2 fully saturated rings. The minimum atomic E-state index is -0.257. The third-order valence-electron chi connectivity index (χ3n) is 6.43. The standard InChI is InChI=1S/C24H28N4O4/c1-31-19-8-6-17(7-9-19)20-15-21(22-3-2-14-32-22)28(25-20)23(29)16-26-10-12-27(13-11-26)24(30)18-4-5-18/h2-3,6-9,14,18,21H,4-5,10-13,15-16H2,1H3/t21-/m0/s1. The number of piperazine rings is 1. The van der Waals surface area contributed by atoms with Crippen molar-refractivity contribution < 1.29 is 18.7 Å². The summed E-state index contributed by atoms with van der Waals surface area (Å²) in [5, 5.41) is 6.27. The largest absolute Gasteiger partial charge is 0.497 e. The first-order valence-electron chi connectivity index (χ1n) is 11.2. The summed E-state index contributed by atoms with van der Waals surface area (Å²) < 4.78 is 10.9. The van der Waals surface area contributed by atoms with Crippen molar-refractivity contribution in [3.63, 3.8) is 0 Å². The zero-order chi connectivity index (χ0) is 22.1. The van der Waals surface area contributed by atoms with Crippen molar-refractivity contribution >= 4 is 17.5 Å². The zero-order valence-electron chi connectivity index (χ0n) is 18.3. The van der Waals surface area contributed by atoms with Gasteiger partial charge in [0, 0.05) is 38.5 Å². The summed E-state index contributed by atoms with van der Waals surface area (Å²) in [6.07, 6.45) is 4.26. The van der Waals surface area contributed by atoms with Gasteiger partial charge in [0.25, 0.3) is 5.91 Å². The lowest BCUT2D eigenvalue weighted by Crippen LogP contribution is -2.51. The number of hydrogen-bond acceptors (Lipinski definition) is 6. The van der Waals surface area contributed by atoms with E-state index in [0.717, 1.165) is 35.6 Å². The Morgan fingerprint density at radius 1 is 1.09 bits per heavy atom. The van der Waals surface area contributed by atoms with Crippen LogP contribution in [0.15, 0.2) is 52.2 Å². The lowest BCUT2D eigenvalue weighted by atomic mass is 10.0. The predicted molar refractivity (Wildman–Crippen MR) is 118 cm³/mol. The Labute approximate surface area is 187 Å². The highest BCUT2D eigenvalue weighted by Crippen LogP contribution is 2.34. The number of hydrogen-bond donors (Lipinski definition) is 0. The van der Waals surface area contributed by atoms with E-state index in [1.54, 1.807) is 18.4 Å². The van der Waals surface area contributed by atoms with E-state index in [1.807, 2.05) is 41.3 Å². The number of hydrazone groups is 1. The van der Waals surface area contributed by atoms with Crippen LogP contribution in [0, 0.1) is 5.92 Å². The lowest BCUT2D eigenvalue weighted by molar-refractivity contribution is -0.137. The first-order valence-corrected chi connectivity index (χ1v) is 11.2. The van der Waals surface area contributed by atoms with Crippen molar-refractivity contribution in [2.24, 2.45) is 11.0 Å². The quantitative estimate of drug-likeness (QED) is 0.695.